The summed E-state index contributed by atoms with van der Waals surface area (Å²) in [5, 5.41) is 15.7. The van der Waals surface area contributed by atoms with E-state index in [4.69, 9.17) is 9.47 Å². The molecule has 3 aromatic carbocycles. The topological polar surface area (TPSA) is 116 Å². The number of ether oxygens (including phenoxy) is 2. The number of hydrogen-bond donors (Lipinski definition) is 1. The number of thiazole rings is 1. The summed E-state index contributed by atoms with van der Waals surface area (Å²) in [6.07, 6.45) is 1.61. The van der Waals surface area contributed by atoms with Gasteiger partial charge in [0, 0.05) is 12.1 Å². The predicted octanol–water partition coefficient (Wildman–Crippen LogP) is 5.27. The molecule has 1 aromatic heterocycles. The number of benzene rings is 3. The van der Waals surface area contributed by atoms with E-state index >= 15 is 0 Å². The van der Waals surface area contributed by atoms with Crippen molar-refractivity contribution >= 4 is 44.6 Å². The van der Waals surface area contributed by atoms with E-state index in [2.05, 4.69) is 15.5 Å². The lowest BCUT2D eigenvalue weighted by Gasteiger charge is -2.11. The summed E-state index contributed by atoms with van der Waals surface area (Å²) in [6, 6.07) is 18.0. The lowest BCUT2D eigenvalue weighted by molar-refractivity contribution is -0.384. The number of nitro benzene ring substituents is 1. The minimum atomic E-state index is -0.648. The average molecular weight is 462 g/mol. The highest BCUT2D eigenvalue weighted by molar-refractivity contribution is 7.22. The molecule has 0 amide bonds. The second kappa shape index (κ2) is 9.88. The number of aromatic nitrogens is 1. The zero-order valence-corrected chi connectivity index (χ0v) is 18.2. The van der Waals surface area contributed by atoms with Crippen molar-refractivity contribution in [1.29, 1.82) is 0 Å². The molecular formula is C23H18N4O5S. The molecule has 9 nitrogen and oxygen atoms in total. The molecular weight excluding hydrogens is 444 g/mol. The van der Waals surface area contributed by atoms with E-state index in [0.717, 1.165) is 15.8 Å². The van der Waals surface area contributed by atoms with Gasteiger partial charge >= 0.3 is 5.97 Å². The summed E-state index contributed by atoms with van der Waals surface area (Å²) >= 11 is 1.50. The number of para-hydroxylation sites is 1. The number of rotatable bonds is 8. The Kier molecular flexibility index (Phi) is 6.56. The number of hydrogen-bond acceptors (Lipinski definition) is 9. The molecule has 4 rings (SSSR count). The second-order valence-electron chi connectivity index (χ2n) is 6.69. The minimum absolute atomic E-state index is 0.107. The Morgan fingerprint density at radius 2 is 1.94 bits per heavy atom. The van der Waals surface area contributed by atoms with Gasteiger partial charge in [-0.05, 0) is 55.0 Å². The highest BCUT2D eigenvalue weighted by Gasteiger charge is 2.15. The average Bonchev–Trinajstić information content (AvgIpc) is 3.23. The van der Waals surface area contributed by atoms with Crippen LogP contribution in [0.1, 0.15) is 22.8 Å². The van der Waals surface area contributed by atoms with Crippen LogP contribution < -0.4 is 14.9 Å². The lowest BCUT2D eigenvalue weighted by atomic mass is 10.2. The van der Waals surface area contributed by atoms with Crippen molar-refractivity contribution in [3.63, 3.8) is 0 Å². The molecule has 0 radical (unpaired) electrons. The van der Waals surface area contributed by atoms with Gasteiger partial charge in [-0.2, -0.15) is 5.10 Å². The first-order chi connectivity index (χ1) is 16.0. The van der Waals surface area contributed by atoms with E-state index in [1.165, 1.54) is 35.6 Å². The van der Waals surface area contributed by atoms with Gasteiger partial charge in [0.15, 0.2) is 11.5 Å². The number of esters is 1. The first-order valence-electron chi connectivity index (χ1n) is 9.91. The molecule has 1 heterocycles. The summed E-state index contributed by atoms with van der Waals surface area (Å²) < 4.78 is 12.1. The fraction of sp³-hybridized carbons (Fsp3) is 0.0870. The first-order valence-corrected chi connectivity index (χ1v) is 10.7. The number of anilines is 1. The summed E-state index contributed by atoms with van der Waals surface area (Å²) in [7, 11) is 0. The van der Waals surface area contributed by atoms with Gasteiger partial charge in [0.1, 0.15) is 0 Å². The highest BCUT2D eigenvalue weighted by atomic mass is 32.1. The Morgan fingerprint density at radius 1 is 1.15 bits per heavy atom. The summed E-state index contributed by atoms with van der Waals surface area (Å²) in [6.45, 7) is 2.18. The molecule has 0 atom stereocenters. The highest BCUT2D eigenvalue weighted by Crippen LogP contribution is 2.29. The molecule has 166 valence electrons. The van der Waals surface area contributed by atoms with Crippen LogP contribution in [0.25, 0.3) is 10.2 Å². The monoisotopic (exact) mass is 462 g/mol. The summed E-state index contributed by atoms with van der Waals surface area (Å²) in [5.74, 6) is -0.0436. The third-order valence-corrected chi connectivity index (χ3v) is 5.39. The fourth-order valence-electron chi connectivity index (χ4n) is 2.92. The van der Waals surface area contributed by atoms with Crippen molar-refractivity contribution in [2.45, 2.75) is 6.92 Å². The van der Waals surface area contributed by atoms with Crippen LogP contribution in [0.4, 0.5) is 10.8 Å². The number of nitrogens with one attached hydrogen (secondary N) is 1. The molecule has 0 saturated carbocycles. The van der Waals surface area contributed by atoms with E-state index in [-0.39, 0.29) is 17.0 Å². The lowest BCUT2D eigenvalue weighted by Crippen LogP contribution is -2.10. The molecule has 33 heavy (non-hydrogen) atoms. The molecule has 10 heteroatoms. The summed E-state index contributed by atoms with van der Waals surface area (Å²) in [4.78, 5) is 27.1. The van der Waals surface area contributed by atoms with Crippen molar-refractivity contribution in [3.05, 3.63) is 88.0 Å². The van der Waals surface area contributed by atoms with E-state index in [0.29, 0.717) is 17.5 Å². The molecule has 4 aromatic rings. The third kappa shape index (κ3) is 5.31. The van der Waals surface area contributed by atoms with E-state index in [1.54, 1.807) is 24.4 Å². The van der Waals surface area contributed by atoms with Gasteiger partial charge in [0.05, 0.1) is 33.5 Å². The Labute approximate surface area is 192 Å². The van der Waals surface area contributed by atoms with Crippen LogP contribution >= 0.6 is 11.3 Å². The Balaban J connectivity index is 1.46. The van der Waals surface area contributed by atoms with Crippen molar-refractivity contribution in [2.24, 2.45) is 5.10 Å². The fourth-order valence-corrected chi connectivity index (χ4v) is 3.73. The van der Waals surface area contributed by atoms with Gasteiger partial charge in [-0.15, -0.1) is 0 Å². The van der Waals surface area contributed by atoms with Crippen molar-refractivity contribution in [1.82, 2.24) is 4.98 Å². The number of fused-ring (bicyclic) bond motifs is 1. The third-order valence-electron chi connectivity index (χ3n) is 4.45. The van der Waals surface area contributed by atoms with Crippen LogP contribution in [-0.4, -0.2) is 28.7 Å². The number of non-ortho nitro benzene ring substituents is 1. The maximum atomic E-state index is 12.4. The molecule has 0 unspecified atom stereocenters. The molecule has 0 aliphatic rings. The molecule has 1 N–H and O–H groups in total. The van der Waals surface area contributed by atoms with E-state index in [9.17, 15) is 14.9 Å². The van der Waals surface area contributed by atoms with E-state index < -0.39 is 10.9 Å². The van der Waals surface area contributed by atoms with Gasteiger partial charge in [-0.25, -0.2) is 9.78 Å². The van der Waals surface area contributed by atoms with Crippen LogP contribution in [0.15, 0.2) is 71.8 Å². The molecule has 0 bridgehead atoms. The molecule has 0 aliphatic carbocycles. The second-order valence-corrected chi connectivity index (χ2v) is 7.72. The zero-order chi connectivity index (χ0) is 23.2. The zero-order valence-electron chi connectivity index (χ0n) is 17.4. The Morgan fingerprint density at radius 3 is 2.67 bits per heavy atom. The predicted molar refractivity (Wildman–Crippen MR) is 127 cm³/mol. The number of carbonyl (C=O) groups excluding carboxylic acids is 1. The Bertz CT molecular complexity index is 1300. The number of nitro groups is 1. The maximum absolute atomic E-state index is 12.4. The normalized spacial score (nSPS) is 10.9. The van der Waals surface area contributed by atoms with Crippen molar-refractivity contribution < 1.29 is 19.2 Å². The molecule has 0 saturated heterocycles. The van der Waals surface area contributed by atoms with Gasteiger partial charge in [0.2, 0.25) is 5.13 Å². The van der Waals surface area contributed by atoms with Crippen molar-refractivity contribution in [2.75, 3.05) is 12.0 Å². The number of carbonyl (C=O) groups is 1. The van der Waals surface area contributed by atoms with E-state index in [1.807, 2.05) is 31.2 Å². The van der Waals surface area contributed by atoms with Gasteiger partial charge in [-0.1, -0.05) is 23.5 Å². The minimum Gasteiger partial charge on any atom is -0.490 e. The van der Waals surface area contributed by atoms with Crippen LogP contribution in [0, 0.1) is 10.1 Å². The van der Waals surface area contributed by atoms with Gasteiger partial charge in [-0.3, -0.25) is 15.5 Å². The van der Waals surface area contributed by atoms with Gasteiger partial charge in [0.25, 0.3) is 5.69 Å². The van der Waals surface area contributed by atoms with Crippen molar-refractivity contribution in [3.8, 4) is 11.5 Å². The first kappa shape index (κ1) is 21.9. The largest absolute Gasteiger partial charge is 0.490 e. The molecule has 0 fully saturated rings. The number of nitrogens with zero attached hydrogens (tertiary/aromatic N) is 3. The molecule has 0 aliphatic heterocycles. The molecule has 0 spiro atoms. The SMILES string of the molecule is CCOc1cc(/C=N\Nc2nc3ccccc3s2)ccc1OC(=O)c1ccc([N+](=O)[O-])cc1. The standard InChI is InChI=1S/C23H18N4O5S/c1-2-31-20-13-15(14-24-26-23-25-18-5-3-4-6-21(18)33-23)7-12-19(20)32-22(28)16-8-10-17(11-9-16)27(29)30/h3-14H,2H2,1H3,(H,25,26)/b24-14-. The van der Waals surface area contributed by atoms with Gasteiger partial charge < -0.3 is 9.47 Å². The van der Waals surface area contributed by atoms with Crippen LogP contribution in [0.3, 0.4) is 0 Å². The van der Waals surface area contributed by atoms with Crippen LogP contribution in [0.2, 0.25) is 0 Å². The number of hydrazone groups is 1. The smallest absolute Gasteiger partial charge is 0.343 e. The quantitative estimate of drug-likeness (QED) is 0.125. The van der Waals surface area contributed by atoms with Crippen LogP contribution in [-0.2, 0) is 0 Å². The Hall–Kier alpha value is -4.31. The summed E-state index contributed by atoms with van der Waals surface area (Å²) in [5.41, 5.74) is 4.62. The van der Waals surface area contributed by atoms with Crippen LogP contribution in [0.5, 0.6) is 11.5 Å². The maximum Gasteiger partial charge on any atom is 0.343 e.